The molecular weight excluding hydrogens is 272 g/mol. The van der Waals surface area contributed by atoms with E-state index in [9.17, 15) is 9.00 Å². The molecule has 2 N–H and O–H groups in total. The Morgan fingerprint density at radius 1 is 1.40 bits per heavy atom. The lowest BCUT2D eigenvalue weighted by molar-refractivity contribution is 0.0943. The standard InChI is InChI=1S/C15H24N2O2S/c1-5-8-16-13-6-7-14(11(2)9-13)15(18)17-12(3)10-20(4)19/h6-7,9,12,16H,5,8,10H2,1-4H3,(H,17,18). The van der Waals surface area contributed by atoms with Gasteiger partial charge in [-0.05, 0) is 44.0 Å². The third-order valence-corrected chi connectivity index (χ3v) is 3.88. The summed E-state index contributed by atoms with van der Waals surface area (Å²) in [6.45, 7) is 6.82. The van der Waals surface area contributed by atoms with Crippen molar-refractivity contribution >= 4 is 22.4 Å². The lowest BCUT2D eigenvalue weighted by atomic mass is 10.1. The van der Waals surface area contributed by atoms with Gasteiger partial charge < -0.3 is 10.6 Å². The first-order chi connectivity index (χ1) is 9.43. The van der Waals surface area contributed by atoms with Gasteiger partial charge >= 0.3 is 0 Å². The highest BCUT2D eigenvalue weighted by atomic mass is 32.2. The first-order valence-corrected chi connectivity index (χ1v) is 8.62. The lowest BCUT2D eigenvalue weighted by Gasteiger charge is -2.14. The number of hydrogen-bond donors (Lipinski definition) is 2. The maximum atomic E-state index is 12.2. The maximum Gasteiger partial charge on any atom is 0.251 e. The zero-order valence-corrected chi connectivity index (χ0v) is 13.5. The van der Waals surface area contributed by atoms with Gasteiger partial charge in [-0.3, -0.25) is 9.00 Å². The SMILES string of the molecule is CCCNc1ccc(C(=O)NC(C)CS(C)=O)c(C)c1. The molecule has 20 heavy (non-hydrogen) atoms. The number of carbonyl (C=O) groups excluding carboxylic acids is 1. The molecule has 0 saturated heterocycles. The average molecular weight is 296 g/mol. The number of benzene rings is 1. The zero-order chi connectivity index (χ0) is 15.1. The van der Waals surface area contributed by atoms with Crippen LogP contribution in [0.15, 0.2) is 18.2 Å². The fourth-order valence-electron chi connectivity index (χ4n) is 1.99. The van der Waals surface area contributed by atoms with Crippen molar-refractivity contribution in [3.05, 3.63) is 29.3 Å². The summed E-state index contributed by atoms with van der Waals surface area (Å²) in [7, 11) is -0.906. The molecule has 0 spiro atoms. The van der Waals surface area contributed by atoms with Gasteiger partial charge in [-0.2, -0.15) is 0 Å². The molecule has 112 valence electrons. The molecule has 1 aromatic rings. The molecule has 5 heteroatoms. The largest absolute Gasteiger partial charge is 0.385 e. The number of nitrogens with one attached hydrogen (secondary N) is 2. The summed E-state index contributed by atoms with van der Waals surface area (Å²) in [5.74, 6) is 0.364. The highest BCUT2D eigenvalue weighted by Gasteiger charge is 2.13. The van der Waals surface area contributed by atoms with Crippen LogP contribution in [0.1, 0.15) is 36.2 Å². The second-order valence-corrected chi connectivity index (χ2v) is 6.55. The number of aryl methyl sites for hydroxylation is 1. The van der Waals surface area contributed by atoms with Crippen LogP contribution in [0.2, 0.25) is 0 Å². The van der Waals surface area contributed by atoms with E-state index in [-0.39, 0.29) is 11.9 Å². The number of hydrogen-bond acceptors (Lipinski definition) is 3. The van der Waals surface area contributed by atoms with Crippen LogP contribution >= 0.6 is 0 Å². The lowest BCUT2D eigenvalue weighted by Crippen LogP contribution is -2.36. The van der Waals surface area contributed by atoms with E-state index in [1.807, 2.05) is 32.0 Å². The second-order valence-electron chi connectivity index (χ2n) is 5.07. The molecule has 1 aromatic carbocycles. The van der Waals surface area contributed by atoms with Crippen molar-refractivity contribution < 1.29 is 9.00 Å². The predicted octanol–water partition coefficient (Wildman–Crippen LogP) is 2.31. The molecule has 0 aromatic heterocycles. The van der Waals surface area contributed by atoms with Crippen molar-refractivity contribution in [2.24, 2.45) is 0 Å². The number of amides is 1. The summed E-state index contributed by atoms with van der Waals surface area (Å²) >= 11 is 0. The summed E-state index contributed by atoms with van der Waals surface area (Å²) < 4.78 is 11.1. The minimum absolute atomic E-state index is 0.0920. The maximum absolute atomic E-state index is 12.2. The normalized spacial score (nSPS) is 13.6. The van der Waals surface area contributed by atoms with E-state index in [2.05, 4.69) is 17.6 Å². The Balaban J connectivity index is 2.71. The van der Waals surface area contributed by atoms with Crippen LogP contribution in [0.25, 0.3) is 0 Å². The molecule has 0 fully saturated rings. The van der Waals surface area contributed by atoms with Gasteiger partial charge in [0.1, 0.15) is 0 Å². The highest BCUT2D eigenvalue weighted by Crippen LogP contribution is 2.15. The fraction of sp³-hybridized carbons (Fsp3) is 0.533. The molecule has 0 aliphatic rings. The van der Waals surface area contributed by atoms with Gasteiger partial charge in [-0.15, -0.1) is 0 Å². The van der Waals surface area contributed by atoms with Crippen LogP contribution < -0.4 is 10.6 Å². The van der Waals surface area contributed by atoms with Gasteiger partial charge in [0.25, 0.3) is 5.91 Å². The van der Waals surface area contributed by atoms with E-state index in [1.165, 1.54) is 0 Å². The Kier molecular flexibility index (Phi) is 6.71. The van der Waals surface area contributed by atoms with Gasteiger partial charge in [0.05, 0.1) is 0 Å². The van der Waals surface area contributed by atoms with Crippen molar-refractivity contribution in [2.45, 2.75) is 33.2 Å². The van der Waals surface area contributed by atoms with Gasteiger partial charge in [0.15, 0.2) is 0 Å². The highest BCUT2D eigenvalue weighted by molar-refractivity contribution is 7.84. The molecule has 0 aliphatic heterocycles. The molecule has 2 unspecified atom stereocenters. The number of carbonyl (C=O) groups is 1. The van der Waals surface area contributed by atoms with Crippen LogP contribution in [0.3, 0.4) is 0 Å². The van der Waals surface area contributed by atoms with Crippen molar-refractivity contribution in [3.8, 4) is 0 Å². The monoisotopic (exact) mass is 296 g/mol. The minimum atomic E-state index is -0.906. The molecule has 1 rings (SSSR count). The molecule has 0 bridgehead atoms. The third-order valence-electron chi connectivity index (χ3n) is 2.91. The van der Waals surface area contributed by atoms with Gasteiger partial charge in [0.2, 0.25) is 0 Å². The first-order valence-electron chi connectivity index (χ1n) is 6.89. The van der Waals surface area contributed by atoms with Crippen LogP contribution in [-0.2, 0) is 10.8 Å². The van der Waals surface area contributed by atoms with Crippen molar-refractivity contribution in [3.63, 3.8) is 0 Å². The molecule has 4 nitrogen and oxygen atoms in total. The van der Waals surface area contributed by atoms with Gasteiger partial charge in [0, 0.05) is 46.6 Å². The predicted molar refractivity (Wildman–Crippen MR) is 85.8 cm³/mol. The van der Waals surface area contributed by atoms with E-state index >= 15 is 0 Å². The Morgan fingerprint density at radius 3 is 2.65 bits per heavy atom. The van der Waals surface area contributed by atoms with Crippen molar-refractivity contribution in [2.75, 3.05) is 23.9 Å². The van der Waals surface area contributed by atoms with E-state index < -0.39 is 10.8 Å². The van der Waals surface area contributed by atoms with E-state index in [4.69, 9.17) is 0 Å². The van der Waals surface area contributed by atoms with E-state index in [0.717, 1.165) is 24.2 Å². The summed E-state index contributed by atoms with van der Waals surface area (Å²) in [5, 5.41) is 6.17. The smallest absolute Gasteiger partial charge is 0.251 e. The van der Waals surface area contributed by atoms with E-state index in [1.54, 1.807) is 6.26 Å². The van der Waals surface area contributed by atoms with E-state index in [0.29, 0.717) is 11.3 Å². The average Bonchev–Trinajstić information content (AvgIpc) is 2.35. The third kappa shape index (κ3) is 5.33. The Bertz CT molecular complexity index is 489. The molecule has 0 saturated carbocycles. The Labute approximate surface area is 123 Å². The quantitative estimate of drug-likeness (QED) is 0.812. The molecule has 2 atom stereocenters. The Morgan fingerprint density at radius 2 is 2.10 bits per heavy atom. The molecule has 1 amide bonds. The van der Waals surface area contributed by atoms with Crippen LogP contribution in [0.5, 0.6) is 0 Å². The minimum Gasteiger partial charge on any atom is -0.385 e. The van der Waals surface area contributed by atoms with Gasteiger partial charge in [-0.1, -0.05) is 6.92 Å². The summed E-state index contributed by atoms with van der Waals surface area (Å²) in [4.78, 5) is 12.2. The van der Waals surface area contributed by atoms with Crippen LogP contribution in [-0.4, -0.2) is 34.7 Å². The van der Waals surface area contributed by atoms with Crippen molar-refractivity contribution in [1.29, 1.82) is 0 Å². The van der Waals surface area contributed by atoms with Crippen LogP contribution in [0.4, 0.5) is 5.69 Å². The first kappa shape index (κ1) is 16.7. The summed E-state index contributed by atoms with van der Waals surface area (Å²) in [6, 6.07) is 5.64. The molecule has 0 heterocycles. The summed E-state index contributed by atoms with van der Waals surface area (Å²) in [5.41, 5.74) is 2.64. The topological polar surface area (TPSA) is 58.2 Å². The zero-order valence-electron chi connectivity index (χ0n) is 12.7. The molecule has 0 radical (unpaired) electrons. The number of rotatable bonds is 7. The second kappa shape index (κ2) is 8.04. The Hall–Kier alpha value is -1.36. The van der Waals surface area contributed by atoms with Crippen LogP contribution in [0, 0.1) is 6.92 Å². The van der Waals surface area contributed by atoms with Gasteiger partial charge in [-0.25, -0.2) is 0 Å². The van der Waals surface area contributed by atoms with Crippen molar-refractivity contribution in [1.82, 2.24) is 5.32 Å². The number of anilines is 1. The summed E-state index contributed by atoms with van der Waals surface area (Å²) in [6.07, 6.45) is 2.70. The fourth-order valence-corrected chi connectivity index (χ4v) is 2.78. The molecule has 0 aliphatic carbocycles. The molecular formula is C15H24N2O2S.